The third-order valence-corrected chi connectivity index (χ3v) is 17.8. The average molecular weight is 899 g/mol. The van der Waals surface area contributed by atoms with E-state index < -0.39 is 0 Å². The van der Waals surface area contributed by atoms with Crippen LogP contribution in [0.15, 0.2) is 115 Å². The summed E-state index contributed by atoms with van der Waals surface area (Å²) in [6.07, 6.45) is 8.78. The molecule has 2 aliphatic carbocycles. The summed E-state index contributed by atoms with van der Waals surface area (Å²) in [7, 11) is 0. The largest absolute Gasteiger partial charge is 0.311 e. The highest BCUT2D eigenvalue weighted by molar-refractivity contribution is 7.33. The Morgan fingerprint density at radius 3 is 1.88 bits per heavy atom. The molecule has 7 aromatic rings. The fourth-order valence-electron chi connectivity index (χ4n) is 12.3. The predicted molar refractivity (Wildman–Crippen MR) is 294 cm³/mol. The number of benzene rings is 6. The van der Waals surface area contributed by atoms with E-state index in [4.69, 9.17) is 0 Å². The van der Waals surface area contributed by atoms with Gasteiger partial charge in [-0.2, -0.15) is 0 Å². The lowest BCUT2D eigenvalue weighted by Gasteiger charge is -2.47. The Bertz CT molecular complexity index is 3060. The first-order chi connectivity index (χ1) is 31.8. The minimum Gasteiger partial charge on any atom is -0.311 e. The molecule has 1 saturated carbocycles. The summed E-state index contributed by atoms with van der Waals surface area (Å²) >= 11 is 2.04. The molecule has 4 heteroatoms. The maximum Gasteiger partial charge on any atom is 0.264 e. The van der Waals surface area contributed by atoms with Crippen molar-refractivity contribution in [1.29, 1.82) is 0 Å². The molecule has 6 aromatic carbocycles. The summed E-state index contributed by atoms with van der Waals surface area (Å²) in [6, 6.07) is 46.4. The number of nitrogens with zero attached hydrogens (tertiary/aromatic N) is 2. The molecule has 342 valence electrons. The molecule has 3 heterocycles. The molecule has 2 aliphatic heterocycles. The van der Waals surface area contributed by atoms with Crippen molar-refractivity contribution < 1.29 is 0 Å². The van der Waals surface area contributed by atoms with Crippen molar-refractivity contribution in [2.75, 3.05) is 9.80 Å². The summed E-state index contributed by atoms with van der Waals surface area (Å²) in [5.74, 6) is 0.936. The van der Waals surface area contributed by atoms with Gasteiger partial charge < -0.3 is 9.80 Å². The quantitative estimate of drug-likeness (QED) is 0.159. The van der Waals surface area contributed by atoms with E-state index in [9.17, 15) is 0 Å². The van der Waals surface area contributed by atoms with E-state index in [0.29, 0.717) is 11.8 Å². The second-order valence-electron chi connectivity index (χ2n) is 24.5. The second kappa shape index (κ2) is 15.7. The summed E-state index contributed by atoms with van der Waals surface area (Å²) < 4.78 is 2.84. The standard InChI is InChI=1S/C63H71BN2S/c1-39(2)42-23-29-52(47(33-42)41-21-17-14-18-22-41)66-53-38-50-49(62(9,10)31-32-63(50,11)12)37-51(53)64-57-54(34-43(35-55(57)66)40-19-15-13-16-20-40)65(46-27-24-44(25-28-46)60(3,4)5)58-48-36-45(61(6,7)8)26-30-56(48)67-59(58)64/h14,17-18,21-30,33-40H,13,15-16,19-20,31-32H2,1-12H3. The van der Waals surface area contributed by atoms with Crippen molar-refractivity contribution in [3.63, 3.8) is 0 Å². The molecule has 1 aromatic heterocycles. The topological polar surface area (TPSA) is 6.48 Å². The van der Waals surface area contributed by atoms with Crippen LogP contribution in [0, 0.1) is 0 Å². The first-order valence-electron chi connectivity index (χ1n) is 25.6. The Labute approximate surface area is 406 Å². The van der Waals surface area contributed by atoms with E-state index in [2.05, 4.69) is 208 Å². The van der Waals surface area contributed by atoms with Gasteiger partial charge in [-0.25, -0.2) is 0 Å². The van der Waals surface area contributed by atoms with Crippen molar-refractivity contribution in [2.24, 2.45) is 0 Å². The Kier molecular flexibility index (Phi) is 10.4. The van der Waals surface area contributed by atoms with Crippen molar-refractivity contribution >= 4 is 78.0 Å². The first-order valence-corrected chi connectivity index (χ1v) is 26.5. The van der Waals surface area contributed by atoms with Gasteiger partial charge in [0.1, 0.15) is 0 Å². The minimum atomic E-state index is 0.0209. The molecule has 1 fully saturated rings. The van der Waals surface area contributed by atoms with Crippen molar-refractivity contribution in [1.82, 2.24) is 0 Å². The van der Waals surface area contributed by atoms with E-state index in [1.54, 1.807) is 0 Å². The summed E-state index contributed by atoms with van der Waals surface area (Å²) in [5.41, 5.74) is 22.3. The number of thiophene rings is 1. The van der Waals surface area contributed by atoms with Crippen LogP contribution in [0.1, 0.15) is 173 Å². The Morgan fingerprint density at radius 1 is 0.612 bits per heavy atom. The van der Waals surface area contributed by atoms with Gasteiger partial charge in [0.05, 0.1) is 11.4 Å². The molecular formula is C63H71BN2S. The fraction of sp³-hybridized carbons (Fsp3) is 0.397. The van der Waals surface area contributed by atoms with E-state index in [0.717, 1.165) is 0 Å². The highest BCUT2D eigenvalue weighted by Crippen LogP contribution is 2.54. The van der Waals surface area contributed by atoms with Gasteiger partial charge >= 0.3 is 0 Å². The Balaban J connectivity index is 1.30. The third kappa shape index (κ3) is 7.33. The average Bonchev–Trinajstić information content (AvgIpc) is 3.68. The van der Waals surface area contributed by atoms with E-state index in [-0.39, 0.29) is 28.4 Å². The van der Waals surface area contributed by atoms with Crippen LogP contribution in [-0.2, 0) is 21.7 Å². The monoisotopic (exact) mass is 899 g/mol. The molecule has 0 radical (unpaired) electrons. The van der Waals surface area contributed by atoms with E-state index in [1.807, 2.05) is 11.3 Å². The summed E-state index contributed by atoms with van der Waals surface area (Å²) in [4.78, 5) is 5.49. The molecule has 4 aliphatic rings. The number of fused-ring (bicyclic) bond motifs is 7. The van der Waals surface area contributed by atoms with Crippen molar-refractivity contribution in [3.8, 4) is 11.1 Å². The van der Waals surface area contributed by atoms with Crippen LogP contribution >= 0.6 is 11.3 Å². The van der Waals surface area contributed by atoms with Gasteiger partial charge in [0, 0.05) is 43.2 Å². The lowest BCUT2D eigenvalue weighted by atomic mass is 9.35. The maximum absolute atomic E-state index is 2.76. The molecule has 0 saturated heterocycles. The Hall–Kier alpha value is -5.06. The van der Waals surface area contributed by atoms with Gasteiger partial charge in [0.15, 0.2) is 0 Å². The highest BCUT2D eigenvalue weighted by atomic mass is 32.1. The summed E-state index contributed by atoms with van der Waals surface area (Å²) in [5, 5.41) is 1.38. The van der Waals surface area contributed by atoms with Gasteiger partial charge in [-0.05, 0) is 164 Å². The van der Waals surface area contributed by atoms with Crippen molar-refractivity contribution in [2.45, 2.75) is 162 Å². The van der Waals surface area contributed by atoms with Crippen molar-refractivity contribution in [3.05, 3.63) is 149 Å². The molecule has 0 atom stereocenters. The summed E-state index contributed by atoms with van der Waals surface area (Å²) in [6.45, 7) is 28.9. The van der Waals surface area contributed by atoms with Crippen LogP contribution < -0.4 is 25.5 Å². The molecular weight excluding hydrogens is 828 g/mol. The zero-order valence-corrected chi connectivity index (χ0v) is 43.3. The molecule has 2 nitrogen and oxygen atoms in total. The number of hydrogen-bond acceptors (Lipinski definition) is 3. The van der Waals surface area contributed by atoms with Crippen LogP contribution in [0.25, 0.3) is 21.2 Å². The maximum atomic E-state index is 2.76. The molecule has 0 unspecified atom stereocenters. The number of anilines is 6. The molecule has 67 heavy (non-hydrogen) atoms. The lowest BCUT2D eigenvalue weighted by Crippen LogP contribution is -2.61. The highest BCUT2D eigenvalue weighted by Gasteiger charge is 2.48. The van der Waals surface area contributed by atoms with E-state index in [1.165, 1.54) is 149 Å². The van der Waals surface area contributed by atoms with Gasteiger partial charge in [-0.15, -0.1) is 11.3 Å². The molecule has 11 rings (SSSR count). The second-order valence-corrected chi connectivity index (χ2v) is 25.6. The first kappa shape index (κ1) is 44.5. The number of rotatable bonds is 5. The zero-order chi connectivity index (χ0) is 46.9. The smallest absolute Gasteiger partial charge is 0.264 e. The van der Waals surface area contributed by atoms with Gasteiger partial charge in [0.2, 0.25) is 0 Å². The third-order valence-electron chi connectivity index (χ3n) is 16.6. The van der Waals surface area contributed by atoms with Crippen LogP contribution in [-0.4, -0.2) is 6.71 Å². The van der Waals surface area contributed by atoms with Gasteiger partial charge in [-0.1, -0.05) is 163 Å². The van der Waals surface area contributed by atoms with E-state index >= 15 is 0 Å². The van der Waals surface area contributed by atoms with Crippen LogP contribution in [0.4, 0.5) is 34.1 Å². The Morgan fingerprint density at radius 2 is 1.24 bits per heavy atom. The predicted octanol–water partition coefficient (Wildman–Crippen LogP) is 16.8. The fourth-order valence-corrected chi connectivity index (χ4v) is 13.6. The van der Waals surface area contributed by atoms with Gasteiger partial charge in [0.25, 0.3) is 6.71 Å². The molecule has 0 bridgehead atoms. The van der Waals surface area contributed by atoms with Crippen LogP contribution in [0.5, 0.6) is 0 Å². The molecule has 0 N–H and O–H groups in total. The lowest BCUT2D eigenvalue weighted by molar-refractivity contribution is 0.332. The SMILES string of the molecule is CC(C)c1ccc(N2c3cc4c(cc3B3c5sc6ccc(C(C)(C)C)cc6c5N(c5ccc(C(C)(C)C)cc5)c5cc(C6CCCCC6)cc2c53)C(C)(C)CCC4(C)C)c(-c2ccccc2)c1. The van der Waals surface area contributed by atoms with Gasteiger partial charge in [-0.3, -0.25) is 0 Å². The normalized spacial score (nSPS) is 17.7. The molecule has 0 spiro atoms. The minimum absolute atomic E-state index is 0.0209. The zero-order valence-electron chi connectivity index (χ0n) is 42.5. The van der Waals surface area contributed by atoms with Crippen LogP contribution in [0.3, 0.4) is 0 Å². The van der Waals surface area contributed by atoms with Crippen LogP contribution in [0.2, 0.25) is 0 Å². The number of hydrogen-bond donors (Lipinski definition) is 0. The molecule has 0 amide bonds.